The minimum atomic E-state index is -0.533. The van der Waals surface area contributed by atoms with E-state index in [-0.39, 0.29) is 11.8 Å². The highest BCUT2D eigenvalue weighted by atomic mass is 35.5. The van der Waals surface area contributed by atoms with Crippen LogP contribution in [0.1, 0.15) is 44.7 Å². The van der Waals surface area contributed by atoms with Crippen molar-refractivity contribution in [2.24, 2.45) is 5.92 Å². The fraction of sp³-hybridized carbons (Fsp3) is 0.440. The first kappa shape index (κ1) is 26.6. The lowest BCUT2D eigenvalue weighted by atomic mass is 10.1. The fourth-order valence-electron chi connectivity index (χ4n) is 3.24. The van der Waals surface area contributed by atoms with Gasteiger partial charge in [-0.05, 0) is 35.6 Å². The lowest BCUT2D eigenvalue weighted by Crippen LogP contribution is -2.49. The zero-order chi connectivity index (χ0) is 23.5. The second-order valence-corrected chi connectivity index (χ2v) is 10.0. The van der Waals surface area contributed by atoms with Crippen LogP contribution in [0.25, 0.3) is 0 Å². The molecule has 0 aliphatic carbocycles. The van der Waals surface area contributed by atoms with E-state index in [2.05, 4.69) is 17.4 Å². The van der Waals surface area contributed by atoms with Gasteiger partial charge in [-0.15, -0.1) is 0 Å². The molecule has 0 heterocycles. The molecule has 0 fully saturated rings. The van der Waals surface area contributed by atoms with Crippen LogP contribution in [-0.2, 0) is 21.9 Å². The van der Waals surface area contributed by atoms with Crippen LogP contribution in [0.4, 0.5) is 0 Å². The Balaban J connectivity index is 2.09. The van der Waals surface area contributed by atoms with Crippen LogP contribution in [0.15, 0.2) is 48.5 Å². The molecule has 4 nitrogen and oxygen atoms in total. The molecule has 0 aliphatic heterocycles. The molecule has 32 heavy (non-hydrogen) atoms. The summed E-state index contributed by atoms with van der Waals surface area (Å²) in [6.45, 7) is 6.91. The summed E-state index contributed by atoms with van der Waals surface area (Å²) in [5.41, 5.74) is 2.08. The molecule has 0 unspecified atom stereocenters. The SMILES string of the molecule is CC[C@@H](C(=O)NCC(C)C)N(Cc1ccc(Cl)c(Cl)c1)C(=O)CCSCc1ccccc1. The van der Waals surface area contributed by atoms with Gasteiger partial charge < -0.3 is 10.2 Å². The molecular formula is C25H32Cl2N2O2S. The van der Waals surface area contributed by atoms with Gasteiger partial charge in [-0.25, -0.2) is 0 Å². The van der Waals surface area contributed by atoms with Crippen LogP contribution in [0, 0.1) is 5.92 Å². The molecule has 0 bridgehead atoms. The van der Waals surface area contributed by atoms with E-state index in [4.69, 9.17) is 23.2 Å². The molecule has 0 radical (unpaired) electrons. The Kier molecular flexibility index (Phi) is 11.4. The maximum Gasteiger partial charge on any atom is 0.242 e. The van der Waals surface area contributed by atoms with Gasteiger partial charge in [0.15, 0.2) is 0 Å². The van der Waals surface area contributed by atoms with Gasteiger partial charge in [0.2, 0.25) is 11.8 Å². The summed E-state index contributed by atoms with van der Waals surface area (Å²) >= 11 is 13.9. The first-order valence-electron chi connectivity index (χ1n) is 10.9. The predicted molar refractivity (Wildman–Crippen MR) is 136 cm³/mol. The second kappa shape index (κ2) is 13.8. The highest BCUT2D eigenvalue weighted by Gasteiger charge is 2.28. The maximum atomic E-state index is 13.2. The Bertz CT molecular complexity index is 878. The standard InChI is InChI=1S/C25H32Cl2N2O2S/c1-4-23(25(31)28-15-18(2)3)29(16-20-10-11-21(26)22(27)14-20)24(30)12-13-32-17-19-8-6-5-7-9-19/h5-11,14,18,23H,4,12-13,15-17H2,1-3H3,(H,28,31)/t23-/m0/s1. The lowest BCUT2D eigenvalue weighted by molar-refractivity contribution is -0.141. The number of carbonyl (C=O) groups excluding carboxylic acids is 2. The Morgan fingerprint density at radius 1 is 1.03 bits per heavy atom. The van der Waals surface area contributed by atoms with Crippen molar-refractivity contribution in [3.05, 3.63) is 69.7 Å². The van der Waals surface area contributed by atoms with Crippen molar-refractivity contribution in [1.82, 2.24) is 10.2 Å². The first-order chi connectivity index (χ1) is 15.3. The van der Waals surface area contributed by atoms with Crippen LogP contribution in [0.5, 0.6) is 0 Å². The van der Waals surface area contributed by atoms with E-state index in [0.717, 1.165) is 11.3 Å². The molecule has 2 amide bonds. The van der Waals surface area contributed by atoms with E-state index in [1.54, 1.807) is 28.8 Å². The molecule has 0 spiro atoms. The summed E-state index contributed by atoms with van der Waals surface area (Å²) in [4.78, 5) is 27.8. The van der Waals surface area contributed by atoms with Gasteiger partial charge in [0.25, 0.3) is 0 Å². The molecule has 1 atom stereocenters. The number of nitrogens with one attached hydrogen (secondary N) is 1. The number of halogens is 2. The number of thioether (sulfide) groups is 1. The number of carbonyl (C=O) groups is 2. The monoisotopic (exact) mass is 494 g/mol. The van der Waals surface area contributed by atoms with Crippen LogP contribution in [-0.4, -0.2) is 35.1 Å². The number of benzene rings is 2. The van der Waals surface area contributed by atoms with Gasteiger partial charge in [-0.2, -0.15) is 11.8 Å². The molecule has 2 aromatic carbocycles. The van der Waals surface area contributed by atoms with Gasteiger partial charge >= 0.3 is 0 Å². The Hall–Kier alpha value is -1.69. The van der Waals surface area contributed by atoms with E-state index < -0.39 is 6.04 Å². The smallest absolute Gasteiger partial charge is 0.242 e. The topological polar surface area (TPSA) is 49.4 Å². The van der Waals surface area contributed by atoms with Crippen molar-refractivity contribution in [1.29, 1.82) is 0 Å². The first-order valence-corrected chi connectivity index (χ1v) is 12.9. The third-order valence-electron chi connectivity index (χ3n) is 4.98. The lowest BCUT2D eigenvalue weighted by Gasteiger charge is -2.31. The molecule has 0 saturated carbocycles. The Labute approximate surface area is 206 Å². The van der Waals surface area contributed by atoms with Crippen LogP contribution < -0.4 is 5.32 Å². The van der Waals surface area contributed by atoms with Crippen molar-refractivity contribution in [2.75, 3.05) is 12.3 Å². The molecule has 2 rings (SSSR count). The van der Waals surface area contributed by atoms with E-state index in [9.17, 15) is 9.59 Å². The number of nitrogens with zero attached hydrogens (tertiary/aromatic N) is 1. The summed E-state index contributed by atoms with van der Waals surface area (Å²) in [5.74, 6) is 1.72. The van der Waals surface area contributed by atoms with Crippen LogP contribution in [0.2, 0.25) is 10.0 Å². The number of amides is 2. The van der Waals surface area contributed by atoms with Crippen molar-refractivity contribution in [2.45, 2.75) is 52.0 Å². The van der Waals surface area contributed by atoms with Gasteiger partial charge in [0.05, 0.1) is 10.0 Å². The predicted octanol–water partition coefficient (Wildman–Crippen LogP) is 6.20. The van der Waals surface area contributed by atoms with Crippen LogP contribution in [0.3, 0.4) is 0 Å². The van der Waals surface area contributed by atoms with Gasteiger partial charge in [0, 0.05) is 31.0 Å². The minimum Gasteiger partial charge on any atom is -0.354 e. The quantitative estimate of drug-likeness (QED) is 0.357. The third-order valence-corrected chi connectivity index (χ3v) is 6.75. The summed E-state index contributed by atoms with van der Waals surface area (Å²) in [5, 5.41) is 3.88. The molecule has 0 saturated heterocycles. The molecule has 2 aromatic rings. The molecule has 7 heteroatoms. The van der Waals surface area contributed by atoms with Crippen molar-refractivity contribution in [3.63, 3.8) is 0 Å². The largest absolute Gasteiger partial charge is 0.354 e. The second-order valence-electron chi connectivity index (χ2n) is 8.12. The van der Waals surface area contributed by atoms with E-state index >= 15 is 0 Å². The summed E-state index contributed by atoms with van der Waals surface area (Å²) in [7, 11) is 0. The van der Waals surface area contributed by atoms with Gasteiger partial charge in [0.1, 0.15) is 6.04 Å². The number of hydrogen-bond donors (Lipinski definition) is 1. The Morgan fingerprint density at radius 3 is 2.38 bits per heavy atom. The molecule has 0 aromatic heterocycles. The van der Waals surface area contributed by atoms with Crippen molar-refractivity contribution in [3.8, 4) is 0 Å². The third kappa shape index (κ3) is 8.68. The highest BCUT2D eigenvalue weighted by molar-refractivity contribution is 7.98. The van der Waals surface area contributed by atoms with Crippen molar-refractivity contribution < 1.29 is 9.59 Å². The summed E-state index contributed by atoms with van der Waals surface area (Å²) < 4.78 is 0. The normalized spacial score (nSPS) is 11.9. The summed E-state index contributed by atoms with van der Waals surface area (Å²) in [6.07, 6.45) is 0.904. The highest BCUT2D eigenvalue weighted by Crippen LogP contribution is 2.24. The average Bonchev–Trinajstić information content (AvgIpc) is 2.78. The van der Waals surface area contributed by atoms with E-state index in [0.29, 0.717) is 47.6 Å². The number of rotatable bonds is 12. The number of hydrogen-bond acceptors (Lipinski definition) is 3. The van der Waals surface area contributed by atoms with Crippen LogP contribution >= 0.6 is 35.0 Å². The average molecular weight is 496 g/mol. The molecular weight excluding hydrogens is 463 g/mol. The molecule has 1 N–H and O–H groups in total. The zero-order valence-electron chi connectivity index (χ0n) is 18.9. The maximum absolute atomic E-state index is 13.2. The summed E-state index contributed by atoms with van der Waals surface area (Å²) in [6, 6.07) is 15.0. The van der Waals surface area contributed by atoms with Gasteiger partial charge in [-0.3, -0.25) is 9.59 Å². The van der Waals surface area contributed by atoms with E-state index in [1.807, 2.05) is 45.0 Å². The van der Waals surface area contributed by atoms with Crippen molar-refractivity contribution >= 4 is 46.8 Å². The minimum absolute atomic E-state index is 0.0387. The molecule has 0 aliphatic rings. The fourth-order valence-corrected chi connectivity index (χ4v) is 4.46. The Morgan fingerprint density at radius 2 is 1.75 bits per heavy atom. The van der Waals surface area contributed by atoms with E-state index in [1.165, 1.54) is 5.56 Å². The zero-order valence-corrected chi connectivity index (χ0v) is 21.3. The molecule has 174 valence electrons. The van der Waals surface area contributed by atoms with Gasteiger partial charge in [-0.1, -0.05) is 80.4 Å².